The fraction of sp³-hybridized carbons (Fsp3) is 0.767. The number of hydrogen-bond donors (Lipinski definition) is 4. The Morgan fingerprint density at radius 2 is 1.10 bits per heavy atom. The van der Waals surface area contributed by atoms with Gasteiger partial charge in [0.2, 0.25) is 11.8 Å². The molecule has 0 saturated heterocycles. The summed E-state index contributed by atoms with van der Waals surface area (Å²) in [6, 6.07) is -1.38. The minimum absolute atomic E-state index is 0.103. The van der Waals surface area contributed by atoms with Crippen LogP contribution in [0.3, 0.4) is 0 Å². The first-order valence-corrected chi connectivity index (χ1v) is 20.9. The number of carbonyl (C=O) groups excluding carboxylic acids is 3. The number of nitrogens with one attached hydrogen (secondary N) is 2. The zero-order valence-corrected chi connectivity index (χ0v) is 33.1. The van der Waals surface area contributed by atoms with Crippen molar-refractivity contribution in [1.29, 1.82) is 0 Å². The number of esters is 1. The number of carboxylic acids is 1. The third kappa shape index (κ3) is 34.2. The Bertz CT molecular complexity index is 979. The fourth-order valence-electron chi connectivity index (χ4n) is 5.83. The van der Waals surface area contributed by atoms with E-state index in [4.69, 9.17) is 14.9 Å². The van der Waals surface area contributed by atoms with E-state index in [1.807, 2.05) is 0 Å². The number of carboxylic acid groups (broad SMARTS) is 1. The SMILES string of the molecule is CCCCCC/C=C\C/C=C\C(CCCCCCCCC(=O)NCC(=O)NC(CO)C(=O)O)OC(=O)CCCCCCC/C=C\CCCCCCC. The lowest BCUT2D eigenvalue weighted by atomic mass is 10.1. The van der Waals surface area contributed by atoms with Crippen molar-refractivity contribution in [3.63, 3.8) is 0 Å². The van der Waals surface area contributed by atoms with E-state index in [9.17, 15) is 19.2 Å². The van der Waals surface area contributed by atoms with Crippen LogP contribution in [0, 0.1) is 0 Å². The summed E-state index contributed by atoms with van der Waals surface area (Å²) in [5, 5.41) is 22.5. The summed E-state index contributed by atoms with van der Waals surface area (Å²) in [6.07, 6.45) is 41.9. The highest BCUT2D eigenvalue weighted by Gasteiger charge is 2.18. The molecular formula is C43H76N2O7. The Morgan fingerprint density at radius 1 is 0.596 bits per heavy atom. The first-order chi connectivity index (χ1) is 25.3. The molecule has 0 aliphatic carbocycles. The second-order valence-corrected chi connectivity index (χ2v) is 14.1. The molecule has 0 heterocycles. The molecular weight excluding hydrogens is 656 g/mol. The highest BCUT2D eigenvalue weighted by molar-refractivity contribution is 5.87. The van der Waals surface area contributed by atoms with Gasteiger partial charge in [-0.25, -0.2) is 4.79 Å². The van der Waals surface area contributed by atoms with Crippen molar-refractivity contribution in [2.75, 3.05) is 13.2 Å². The normalized spacial score (nSPS) is 12.8. The molecule has 0 bridgehead atoms. The first kappa shape index (κ1) is 49.1. The molecule has 4 N–H and O–H groups in total. The zero-order valence-electron chi connectivity index (χ0n) is 33.1. The molecule has 9 nitrogen and oxygen atoms in total. The van der Waals surface area contributed by atoms with Crippen LogP contribution in [0.4, 0.5) is 0 Å². The predicted octanol–water partition coefficient (Wildman–Crippen LogP) is 9.82. The molecule has 2 unspecified atom stereocenters. The topological polar surface area (TPSA) is 142 Å². The summed E-state index contributed by atoms with van der Waals surface area (Å²) in [5.41, 5.74) is 0. The van der Waals surface area contributed by atoms with Gasteiger partial charge in [0, 0.05) is 12.8 Å². The quantitative estimate of drug-likeness (QED) is 0.0283. The number of amides is 2. The molecule has 300 valence electrons. The number of aliphatic hydroxyl groups excluding tert-OH is 1. The van der Waals surface area contributed by atoms with Gasteiger partial charge in [0.05, 0.1) is 13.2 Å². The Balaban J connectivity index is 4.32. The van der Waals surface area contributed by atoms with Gasteiger partial charge in [-0.1, -0.05) is 134 Å². The van der Waals surface area contributed by atoms with E-state index >= 15 is 0 Å². The molecule has 0 fully saturated rings. The van der Waals surface area contributed by atoms with Crippen LogP contribution >= 0.6 is 0 Å². The first-order valence-electron chi connectivity index (χ1n) is 20.9. The Kier molecular flexibility index (Phi) is 35.7. The molecule has 0 aromatic carbocycles. The predicted molar refractivity (Wildman–Crippen MR) is 213 cm³/mol. The number of allylic oxidation sites excluding steroid dienone is 5. The molecule has 0 aliphatic rings. The third-order valence-corrected chi connectivity index (χ3v) is 9.09. The van der Waals surface area contributed by atoms with Crippen LogP contribution in [0.2, 0.25) is 0 Å². The van der Waals surface area contributed by atoms with Gasteiger partial charge in [0.15, 0.2) is 0 Å². The molecule has 0 rings (SSSR count). The lowest BCUT2D eigenvalue weighted by molar-refractivity contribution is -0.147. The van der Waals surface area contributed by atoms with Gasteiger partial charge in [0.1, 0.15) is 12.1 Å². The van der Waals surface area contributed by atoms with Crippen LogP contribution in [0.25, 0.3) is 0 Å². The van der Waals surface area contributed by atoms with Crippen molar-refractivity contribution in [1.82, 2.24) is 10.6 Å². The number of aliphatic carboxylic acids is 1. The van der Waals surface area contributed by atoms with E-state index in [0.717, 1.165) is 77.0 Å². The van der Waals surface area contributed by atoms with Crippen LogP contribution in [-0.2, 0) is 23.9 Å². The summed E-state index contributed by atoms with van der Waals surface area (Å²) in [4.78, 5) is 47.3. The highest BCUT2D eigenvalue weighted by atomic mass is 16.5. The minimum atomic E-state index is -1.38. The van der Waals surface area contributed by atoms with Gasteiger partial charge < -0.3 is 25.6 Å². The number of aliphatic hydroxyl groups is 1. The summed E-state index contributed by atoms with van der Waals surface area (Å²) in [5.74, 6) is -2.36. The second-order valence-electron chi connectivity index (χ2n) is 14.1. The number of unbranched alkanes of at least 4 members (excludes halogenated alkanes) is 19. The molecule has 0 saturated carbocycles. The maximum Gasteiger partial charge on any atom is 0.328 e. The van der Waals surface area contributed by atoms with Crippen molar-refractivity contribution in [2.45, 2.75) is 199 Å². The smallest absolute Gasteiger partial charge is 0.328 e. The van der Waals surface area contributed by atoms with Crippen LogP contribution in [0.1, 0.15) is 187 Å². The average Bonchev–Trinajstić information content (AvgIpc) is 3.13. The molecule has 0 aromatic heterocycles. The fourth-order valence-corrected chi connectivity index (χ4v) is 5.83. The summed E-state index contributed by atoms with van der Waals surface area (Å²) in [7, 11) is 0. The van der Waals surface area contributed by atoms with E-state index in [1.165, 1.54) is 77.0 Å². The lowest BCUT2D eigenvalue weighted by Crippen LogP contribution is -2.47. The molecule has 2 amide bonds. The van der Waals surface area contributed by atoms with Crippen LogP contribution in [0.15, 0.2) is 36.5 Å². The number of hydrogen-bond acceptors (Lipinski definition) is 6. The third-order valence-electron chi connectivity index (χ3n) is 9.09. The van der Waals surface area contributed by atoms with Crippen molar-refractivity contribution < 1.29 is 34.1 Å². The summed E-state index contributed by atoms with van der Waals surface area (Å²) < 4.78 is 5.91. The van der Waals surface area contributed by atoms with Gasteiger partial charge in [-0.15, -0.1) is 0 Å². The van der Waals surface area contributed by atoms with E-state index in [1.54, 1.807) is 0 Å². The molecule has 0 radical (unpaired) electrons. The van der Waals surface area contributed by atoms with Crippen molar-refractivity contribution in [3.8, 4) is 0 Å². The van der Waals surface area contributed by atoms with E-state index in [-0.39, 0.29) is 24.5 Å². The number of carbonyl (C=O) groups is 4. The Morgan fingerprint density at radius 3 is 1.67 bits per heavy atom. The lowest BCUT2D eigenvalue weighted by Gasteiger charge is -2.15. The van der Waals surface area contributed by atoms with E-state index < -0.39 is 24.5 Å². The molecule has 0 aliphatic heterocycles. The second kappa shape index (κ2) is 37.8. The van der Waals surface area contributed by atoms with Gasteiger partial charge in [0.25, 0.3) is 0 Å². The van der Waals surface area contributed by atoms with Crippen molar-refractivity contribution in [2.24, 2.45) is 0 Å². The molecule has 9 heteroatoms. The van der Waals surface area contributed by atoms with Gasteiger partial charge in [-0.2, -0.15) is 0 Å². The monoisotopic (exact) mass is 733 g/mol. The van der Waals surface area contributed by atoms with E-state index in [2.05, 4.69) is 60.9 Å². The zero-order chi connectivity index (χ0) is 38.3. The molecule has 0 aromatic rings. The maximum atomic E-state index is 12.7. The standard InChI is InChI=1S/C43H76N2O7/c1-3-5-7-9-11-13-14-15-16-17-19-21-27-31-35-42(49)52-38(32-28-24-20-18-12-10-8-6-4-2)33-29-25-22-23-26-30-34-40(47)44-36-41(48)45-39(37-46)43(50)51/h14-15,18,20,28,32,38-39,46H,3-13,16-17,19,21-27,29-31,33-37H2,1-2H3,(H,44,47)(H,45,48)(H,50,51)/b15-14-,20-18-,32-28-. The summed E-state index contributed by atoms with van der Waals surface area (Å²) in [6.45, 7) is 3.44. The molecule has 0 spiro atoms. The van der Waals surface area contributed by atoms with E-state index in [0.29, 0.717) is 19.3 Å². The summed E-state index contributed by atoms with van der Waals surface area (Å²) >= 11 is 0. The van der Waals surface area contributed by atoms with Gasteiger partial charge in [-0.3, -0.25) is 14.4 Å². The van der Waals surface area contributed by atoms with Crippen LogP contribution in [-0.4, -0.2) is 59.3 Å². The van der Waals surface area contributed by atoms with Gasteiger partial charge >= 0.3 is 11.9 Å². The van der Waals surface area contributed by atoms with Gasteiger partial charge in [-0.05, 0) is 76.7 Å². The largest absolute Gasteiger partial charge is 0.480 e. The Labute approximate surface area is 316 Å². The molecule has 52 heavy (non-hydrogen) atoms. The van der Waals surface area contributed by atoms with Crippen molar-refractivity contribution >= 4 is 23.8 Å². The number of rotatable bonds is 37. The van der Waals surface area contributed by atoms with Crippen LogP contribution in [0.5, 0.6) is 0 Å². The molecule has 2 atom stereocenters. The van der Waals surface area contributed by atoms with Crippen LogP contribution < -0.4 is 10.6 Å². The number of ether oxygens (including phenoxy) is 1. The average molecular weight is 733 g/mol. The minimum Gasteiger partial charge on any atom is -0.480 e. The van der Waals surface area contributed by atoms with Crippen molar-refractivity contribution in [3.05, 3.63) is 36.5 Å². The highest BCUT2D eigenvalue weighted by Crippen LogP contribution is 2.15. The maximum absolute atomic E-state index is 12.7. The Hall–Kier alpha value is -2.94.